The Morgan fingerprint density at radius 3 is 2.54 bits per heavy atom. The van der Waals surface area contributed by atoms with Crippen molar-refractivity contribution in [2.75, 3.05) is 32.9 Å². The molecule has 0 spiro atoms. The van der Waals surface area contributed by atoms with Crippen LogP contribution in [-0.2, 0) is 11.3 Å². The molecule has 1 aliphatic rings. The molecule has 0 aliphatic carbocycles. The first-order valence-electron chi connectivity index (χ1n) is 9.96. The second kappa shape index (κ2) is 8.93. The second-order valence-corrected chi connectivity index (χ2v) is 7.03. The first kappa shape index (κ1) is 18.6. The minimum Gasteiger partial charge on any atom is -0.494 e. The van der Waals surface area contributed by atoms with Gasteiger partial charge in [0, 0.05) is 36.7 Å². The van der Waals surface area contributed by atoms with Crippen molar-refractivity contribution in [1.29, 1.82) is 0 Å². The topological polar surface area (TPSA) is 43.7 Å². The number of amides is 1. The molecule has 2 heterocycles. The van der Waals surface area contributed by atoms with Crippen LogP contribution in [0.4, 0.5) is 0 Å². The third-order valence-electron chi connectivity index (χ3n) is 5.12. The fourth-order valence-electron chi connectivity index (χ4n) is 3.63. The number of carbonyl (C=O) groups is 1. The summed E-state index contributed by atoms with van der Waals surface area (Å²) in [6.07, 6.45) is 3.98. The van der Waals surface area contributed by atoms with E-state index in [9.17, 15) is 4.79 Å². The van der Waals surface area contributed by atoms with Gasteiger partial charge in [-0.05, 0) is 31.0 Å². The molecule has 5 nitrogen and oxygen atoms in total. The Hall–Kier alpha value is -2.79. The number of unbranched alkanes of at least 4 members (excludes halogenated alkanes) is 1. The van der Waals surface area contributed by atoms with E-state index in [1.54, 1.807) is 0 Å². The van der Waals surface area contributed by atoms with E-state index in [0.29, 0.717) is 32.9 Å². The molecule has 1 aromatic heterocycles. The van der Waals surface area contributed by atoms with Gasteiger partial charge in [-0.25, -0.2) is 0 Å². The number of hydrogen-bond acceptors (Lipinski definition) is 3. The summed E-state index contributed by atoms with van der Waals surface area (Å²) in [5, 5.41) is 1.03. The molecule has 0 N–H and O–H groups in total. The Balaban J connectivity index is 1.40. The van der Waals surface area contributed by atoms with E-state index >= 15 is 0 Å². The molecule has 0 atom stereocenters. The lowest BCUT2D eigenvalue weighted by atomic mass is 10.1. The Morgan fingerprint density at radius 2 is 1.71 bits per heavy atom. The van der Waals surface area contributed by atoms with Crippen LogP contribution >= 0.6 is 0 Å². The van der Waals surface area contributed by atoms with Crippen molar-refractivity contribution in [3.8, 4) is 5.75 Å². The predicted octanol–water partition coefficient (Wildman–Crippen LogP) is 3.97. The van der Waals surface area contributed by atoms with Gasteiger partial charge in [0.1, 0.15) is 5.75 Å². The monoisotopic (exact) mass is 378 g/mol. The summed E-state index contributed by atoms with van der Waals surface area (Å²) in [5.74, 6) is 1.01. The maximum Gasteiger partial charge on any atom is 0.256 e. The van der Waals surface area contributed by atoms with Crippen LogP contribution in [0.2, 0.25) is 0 Å². The molecule has 0 saturated carbocycles. The largest absolute Gasteiger partial charge is 0.494 e. The lowest BCUT2D eigenvalue weighted by molar-refractivity contribution is 0.0304. The molecule has 0 bridgehead atoms. The molecular formula is C23H26N2O3. The molecule has 146 valence electrons. The van der Waals surface area contributed by atoms with Crippen molar-refractivity contribution in [2.45, 2.75) is 19.4 Å². The van der Waals surface area contributed by atoms with Gasteiger partial charge in [-0.2, -0.15) is 0 Å². The lowest BCUT2D eigenvalue weighted by Gasteiger charge is -2.26. The zero-order chi connectivity index (χ0) is 19.2. The van der Waals surface area contributed by atoms with E-state index in [0.717, 1.165) is 41.6 Å². The molecule has 28 heavy (non-hydrogen) atoms. The van der Waals surface area contributed by atoms with Crippen molar-refractivity contribution < 1.29 is 14.3 Å². The van der Waals surface area contributed by atoms with Gasteiger partial charge in [-0.1, -0.05) is 36.4 Å². The molecule has 5 heteroatoms. The molecule has 0 radical (unpaired) electrons. The number of morpholine rings is 1. The van der Waals surface area contributed by atoms with Crippen LogP contribution < -0.4 is 4.74 Å². The average molecular weight is 378 g/mol. The molecule has 2 aromatic carbocycles. The van der Waals surface area contributed by atoms with Gasteiger partial charge >= 0.3 is 0 Å². The molecule has 3 aromatic rings. The Morgan fingerprint density at radius 1 is 0.964 bits per heavy atom. The Kier molecular flexibility index (Phi) is 5.92. The van der Waals surface area contributed by atoms with Crippen LogP contribution in [0.5, 0.6) is 5.75 Å². The minimum atomic E-state index is 0.102. The van der Waals surface area contributed by atoms with Crippen molar-refractivity contribution in [2.24, 2.45) is 0 Å². The number of ether oxygens (including phenoxy) is 2. The highest BCUT2D eigenvalue weighted by Crippen LogP contribution is 2.24. The van der Waals surface area contributed by atoms with Gasteiger partial charge in [-0.15, -0.1) is 0 Å². The molecule has 4 rings (SSSR count). The zero-order valence-corrected chi connectivity index (χ0v) is 16.0. The van der Waals surface area contributed by atoms with Crippen LogP contribution in [0.25, 0.3) is 10.9 Å². The molecule has 1 amide bonds. The molecule has 1 fully saturated rings. The Bertz CT molecular complexity index is 914. The second-order valence-electron chi connectivity index (χ2n) is 7.03. The van der Waals surface area contributed by atoms with Gasteiger partial charge < -0.3 is 18.9 Å². The quantitative estimate of drug-likeness (QED) is 0.584. The van der Waals surface area contributed by atoms with Gasteiger partial charge in [0.05, 0.1) is 25.4 Å². The molecular weight excluding hydrogens is 352 g/mol. The van der Waals surface area contributed by atoms with Crippen molar-refractivity contribution in [3.63, 3.8) is 0 Å². The number of aromatic nitrogens is 1. The number of para-hydroxylation sites is 2. The third kappa shape index (κ3) is 4.20. The minimum absolute atomic E-state index is 0.102. The van der Waals surface area contributed by atoms with Gasteiger partial charge in [0.25, 0.3) is 5.91 Å². The number of fused-ring (bicyclic) bond motifs is 1. The number of carbonyl (C=O) groups excluding carboxylic acids is 1. The van der Waals surface area contributed by atoms with Crippen LogP contribution in [0, 0.1) is 0 Å². The summed E-state index contributed by atoms with van der Waals surface area (Å²) < 4.78 is 13.3. The van der Waals surface area contributed by atoms with Crippen LogP contribution in [0.15, 0.2) is 60.8 Å². The first-order valence-corrected chi connectivity index (χ1v) is 9.96. The fourth-order valence-corrected chi connectivity index (χ4v) is 3.63. The summed E-state index contributed by atoms with van der Waals surface area (Å²) >= 11 is 0. The van der Waals surface area contributed by atoms with E-state index < -0.39 is 0 Å². The maximum atomic E-state index is 13.0. The zero-order valence-electron chi connectivity index (χ0n) is 16.0. The van der Waals surface area contributed by atoms with Gasteiger partial charge in [-0.3, -0.25) is 4.79 Å². The number of aryl methyl sites for hydroxylation is 1. The Labute approximate surface area is 165 Å². The summed E-state index contributed by atoms with van der Waals surface area (Å²) in [7, 11) is 0. The van der Waals surface area contributed by atoms with Crippen molar-refractivity contribution >= 4 is 16.8 Å². The van der Waals surface area contributed by atoms with E-state index in [2.05, 4.69) is 10.6 Å². The van der Waals surface area contributed by atoms with E-state index in [-0.39, 0.29) is 5.91 Å². The number of hydrogen-bond donors (Lipinski definition) is 0. The van der Waals surface area contributed by atoms with Crippen LogP contribution in [-0.4, -0.2) is 48.3 Å². The third-order valence-corrected chi connectivity index (χ3v) is 5.12. The van der Waals surface area contributed by atoms with E-state index in [1.807, 2.05) is 59.6 Å². The number of benzene rings is 2. The fraction of sp³-hybridized carbons (Fsp3) is 0.348. The summed E-state index contributed by atoms with van der Waals surface area (Å²) in [5.41, 5.74) is 1.90. The van der Waals surface area contributed by atoms with Crippen molar-refractivity contribution in [3.05, 3.63) is 66.4 Å². The van der Waals surface area contributed by atoms with Gasteiger partial charge in [0.15, 0.2) is 0 Å². The van der Waals surface area contributed by atoms with Crippen LogP contribution in [0.1, 0.15) is 23.2 Å². The normalized spacial score (nSPS) is 14.4. The maximum absolute atomic E-state index is 13.0. The van der Waals surface area contributed by atoms with E-state index in [1.165, 1.54) is 0 Å². The standard InChI is InChI=1S/C23H26N2O3/c26-23(24-13-16-27-17-14-24)21-18-25(22-11-5-4-10-20(21)22)12-6-7-15-28-19-8-2-1-3-9-19/h1-5,8-11,18H,6-7,12-17H2. The number of nitrogens with zero attached hydrogens (tertiary/aromatic N) is 2. The number of rotatable bonds is 7. The summed E-state index contributed by atoms with van der Waals surface area (Å²) in [6.45, 7) is 4.12. The lowest BCUT2D eigenvalue weighted by Crippen LogP contribution is -2.40. The van der Waals surface area contributed by atoms with Gasteiger partial charge in [0.2, 0.25) is 0 Å². The summed E-state index contributed by atoms with van der Waals surface area (Å²) in [6, 6.07) is 18.1. The molecule has 1 aliphatic heterocycles. The highest BCUT2D eigenvalue weighted by molar-refractivity contribution is 6.07. The van der Waals surface area contributed by atoms with Crippen LogP contribution in [0.3, 0.4) is 0 Å². The summed E-state index contributed by atoms with van der Waals surface area (Å²) in [4.78, 5) is 14.9. The average Bonchev–Trinajstić information content (AvgIpc) is 3.13. The first-order chi connectivity index (χ1) is 13.8. The highest BCUT2D eigenvalue weighted by atomic mass is 16.5. The van der Waals surface area contributed by atoms with Crippen molar-refractivity contribution in [1.82, 2.24) is 9.47 Å². The molecule has 0 unspecified atom stereocenters. The highest BCUT2D eigenvalue weighted by Gasteiger charge is 2.22. The predicted molar refractivity (Wildman–Crippen MR) is 110 cm³/mol. The molecule has 1 saturated heterocycles. The van der Waals surface area contributed by atoms with E-state index in [4.69, 9.17) is 9.47 Å². The SMILES string of the molecule is O=C(c1cn(CCCCOc2ccccc2)c2ccccc12)N1CCOCC1. The smallest absolute Gasteiger partial charge is 0.256 e.